The number of hydrogen-bond acceptors (Lipinski definition) is 4. The molecule has 2 aliphatic rings. The molecule has 28 heavy (non-hydrogen) atoms. The lowest BCUT2D eigenvalue weighted by Crippen LogP contribution is -2.34. The van der Waals surface area contributed by atoms with E-state index >= 15 is 0 Å². The van der Waals surface area contributed by atoms with Crippen molar-refractivity contribution in [2.45, 2.75) is 32.7 Å². The van der Waals surface area contributed by atoms with Crippen LogP contribution in [0.2, 0.25) is 0 Å². The molecule has 0 unspecified atom stereocenters. The lowest BCUT2D eigenvalue weighted by Gasteiger charge is -2.27. The molecule has 144 valence electrons. The Balaban J connectivity index is 1.52. The SMILES string of the molecule is CC(=O)N1CCc2[nH]nc(N3C[C@H](C)c4cc(-c5cnn(C)c5)ccc43)c2C1. The zero-order valence-corrected chi connectivity index (χ0v) is 16.4. The van der Waals surface area contributed by atoms with Crippen LogP contribution < -0.4 is 4.90 Å². The van der Waals surface area contributed by atoms with Gasteiger partial charge in [0.15, 0.2) is 5.82 Å². The number of hydrogen-bond donors (Lipinski definition) is 1. The predicted molar refractivity (Wildman–Crippen MR) is 107 cm³/mol. The highest BCUT2D eigenvalue weighted by atomic mass is 16.2. The molecule has 0 spiro atoms. The molecule has 5 rings (SSSR count). The predicted octanol–water partition coefficient (Wildman–Crippen LogP) is 2.97. The second-order valence-electron chi connectivity index (χ2n) is 7.88. The first-order valence-corrected chi connectivity index (χ1v) is 9.73. The van der Waals surface area contributed by atoms with Gasteiger partial charge in [0, 0.05) is 68.1 Å². The summed E-state index contributed by atoms with van der Waals surface area (Å²) in [7, 11) is 1.94. The van der Waals surface area contributed by atoms with Gasteiger partial charge in [-0.1, -0.05) is 13.0 Å². The highest BCUT2D eigenvalue weighted by Gasteiger charge is 2.32. The molecule has 2 aromatic heterocycles. The number of aromatic amines is 1. The molecular weight excluding hydrogens is 352 g/mol. The number of rotatable bonds is 2. The molecule has 0 saturated heterocycles. The summed E-state index contributed by atoms with van der Waals surface area (Å²) in [6, 6.07) is 6.62. The topological polar surface area (TPSA) is 70.1 Å². The monoisotopic (exact) mass is 376 g/mol. The minimum atomic E-state index is 0.120. The molecule has 1 atom stereocenters. The highest BCUT2D eigenvalue weighted by Crippen LogP contribution is 2.43. The van der Waals surface area contributed by atoms with Crippen molar-refractivity contribution in [3.63, 3.8) is 0 Å². The standard InChI is InChI=1S/C21H24N6O/c1-13-10-27(21-18-12-26(14(2)28)7-6-19(18)23-24-21)20-5-4-15(8-17(13)20)16-9-22-25(3)11-16/h4-5,8-9,11,13H,6-7,10,12H2,1-3H3,(H,23,24)/t13-/m0/s1. The van der Waals surface area contributed by atoms with E-state index in [0.29, 0.717) is 12.5 Å². The Kier molecular flexibility index (Phi) is 3.79. The Bertz CT molecular complexity index is 1060. The molecule has 2 aliphatic heterocycles. The number of nitrogens with zero attached hydrogens (tertiary/aromatic N) is 5. The number of benzene rings is 1. The third kappa shape index (κ3) is 2.61. The van der Waals surface area contributed by atoms with Crippen LogP contribution >= 0.6 is 0 Å². The molecule has 1 amide bonds. The molecule has 0 aliphatic carbocycles. The van der Waals surface area contributed by atoms with E-state index in [9.17, 15) is 4.79 Å². The van der Waals surface area contributed by atoms with Crippen molar-refractivity contribution in [2.24, 2.45) is 7.05 Å². The van der Waals surface area contributed by atoms with Gasteiger partial charge in [-0.3, -0.25) is 14.6 Å². The molecule has 0 bridgehead atoms. The van der Waals surface area contributed by atoms with Crippen LogP contribution in [0.5, 0.6) is 0 Å². The maximum Gasteiger partial charge on any atom is 0.219 e. The largest absolute Gasteiger partial charge is 0.338 e. The van der Waals surface area contributed by atoms with Gasteiger partial charge in [-0.2, -0.15) is 10.2 Å². The van der Waals surface area contributed by atoms with Gasteiger partial charge in [0.1, 0.15) is 0 Å². The van der Waals surface area contributed by atoms with E-state index in [4.69, 9.17) is 0 Å². The molecule has 0 radical (unpaired) electrons. The number of anilines is 2. The Morgan fingerprint density at radius 1 is 1.29 bits per heavy atom. The average molecular weight is 376 g/mol. The van der Waals surface area contributed by atoms with Gasteiger partial charge in [0.2, 0.25) is 5.91 Å². The van der Waals surface area contributed by atoms with Gasteiger partial charge >= 0.3 is 0 Å². The van der Waals surface area contributed by atoms with Crippen molar-refractivity contribution in [3.8, 4) is 11.1 Å². The molecule has 4 heterocycles. The minimum absolute atomic E-state index is 0.120. The van der Waals surface area contributed by atoms with E-state index in [0.717, 1.165) is 42.1 Å². The fourth-order valence-electron chi connectivity index (χ4n) is 4.39. The molecule has 3 aromatic rings. The number of carbonyl (C=O) groups excluding carboxylic acids is 1. The molecule has 0 saturated carbocycles. The van der Waals surface area contributed by atoms with Gasteiger partial charge in [0.25, 0.3) is 0 Å². The van der Waals surface area contributed by atoms with Gasteiger partial charge < -0.3 is 9.80 Å². The fourth-order valence-corrected chi connectivity index (χ4v) is 4.39. The van der Waals surface area contributed by atoms with Crippen LogP contribution in [0, 0.1) is 0 Å². The second-order valence-corrected chi connectivity index (χ2v) is 7.88. The van der Waals surface area contributed by atoms with Gasteiger partial charge in [-0.15, -0.1) is 0 Å². The fraction of sp³-hybridized carbons (Fsp3) is 0.381. The Labute approximate surface area is 164 Å². The molecule has 1 N–H and O–H groups in total. The quantitative estimate of drug-likeness (QED) is 0.747. The summed E-state index contributed by atoms with van der Waals surface area (Å²) < 4.78 is 1.83. The van der Waals surface area contributed by atoms with Crippen LogP contribution in [0.1, 0.15) is 36.6 Å². The second kappa shape index (κ2) is 6.22. The van der Waals surface area contributed by atoms with Gasteiger partial charge in [0.05, 0.1) is 12.7 Å². The Hall–Kier alpha value is -3.09. The van der Waals surface area contributed by atoms with Crippen molar-refractivity contribution in [3.05, 3.63) is 47.4 Å². The number of nitrogens with one attached hydrogen (secondary N) is 1. The number of aromatic nitrogens is 4. The number of fused-ring (bicyclic) bond motifs is 2. The number of aryl methyl sites for hydroxylation is 1. The first-order valence-electron chi connectivity index (χ1n) is 9.73. The van der Waals surface area contributed by atoms with Crippen molar-refractivity contribution in [2.75, 3.05) is 18.0 Å². The molecule has 7 nitrogen and oxygen atoms in total. The van der Waals surface area contributed by atoms with Crippen molar-refractivity contribution in [1.29, 1.82) is 0 Å². The molecule has 0 fully saturated rings. The van der Waals surface area contributed by atoms with E-state index in [2.05, 4.69) is 45.3 Å². The normalized spacial score (nSPS) is 18.3. The lowest BCUT2D eigenvalue weighted by molar-refractivity contribution is -0.129. The third-order valence-corrected chi connectivity index (χ3v) is 5.96. The van der Waals surface area contributed by atoms with Crippen LogP contribution in [-0.2, 0) is 24.8 Å². The first kappa shape index (κ1) is 17.0. The van der Waals surface area contributed by atoms with Crippen LogP contribution in [0.25, 0.3) is 11.1 Å². The Morgan fingerprint density at radius 3 is 2.89 bits per heavy atom. The lowest BCUT2D eigenvalue weighted by atomic mass is 9.99. The summed E-state index contributed by atoms with van der Waals surface area (Å²) in [5.41, 5.74) is 7.16. The smallest absolute Gasteiger partial charge is 0.219 e. The number of carbonyl (C=O) groups is 1. The highest BCUT2D eigenvalue weighted by molar-refractivity contribution is 5.77. The van der Waals surface area contributed by atoms with E-state index in [1.165, 1.54) is 16.8 Å². The zero-order chi connectivity index (χ0) is 19.4. The van der Waals surface area contributed by atoms with Crippen molar-refractivity contribution in [1.82, 2.24) is 24.9 Å². The van der Waals surface area contributed by atoms with Crippen LogP contribution in [0.15, 0.2) is 30.6 Å². The number of H-pyrrole nitrogens is 1. The van der Waals surface area contributed by atoms with Crippen LogP contribution in [0.3, 0.4) is 0 Å². The van der Waals surface area contributed by atoms with E-state index < -0.39 is 0 Å². The summed E-state index contributed by atoms with van der Waals surface area (Å²) in [5, 5.41) is 12.1. The third-order valence-electron chi connectivity index (χ3n) is 5.96. The summed E-state index contributed by atoms with van der Waals surface area (Å²) in [5.74, 6) is 1.49. The average Bonchev–Trinajstić information content (AvgIpc) is 3.38. The minimum Gasteiger partial charge on any atom is -0.338 e. The zero-order valence-electron chi connectivity index (χ0n) is 16.4. The summed E-state index contributed by atoms with van der Waals surface area (Å²) >= 11 is 0. The summed E-state index contributed by atoms with van der Waals surface area (Å²) in [6.07, 6.45) is 4.78. The van der Waals surface area contributed by atoms with E-state index in [1.807, 2.05) is 29.0 Å². The van der Waals surface area contributed by atoms with Crippen molar-refractivity contribution < 1.29 is 4.79 Å². The van der Waals surface area contributed by atoms with Gasteiger partial charge in [-0.05, 0) is 23.3 Å². The van der Waals surface area contributed by atoms with E-state index in [1.54, 1.807) is 6.92 Å². The maximum absolute atomic E-state index is 11.9. The summed E-state index contributed by atoms with van der Waals surface area (Å²) in [6.45, 7) is 6.17. The first-order chi connectivity index (χ1) is 13.5. The van der Waals surface area contributed by atoms with Crippen molar-refractivity contribution >= 4 is 17.4 Å². The maximum atomic E-state index is 11.9. The van der Waals surface area contributed by atoms with E-state index in [-0.39, 0.29) is 5.91 Å². The summed E-state index contributed by atoms with van der Waals surface area (Å²) in [4.78, 5) is 16.1. The van der Waals surface area contributed by atoms with Gasteiger partial charge in [-0.25, -0.2) is 0 Å². The number of amides is 1. The molecular formula is C21H24N6O. The molecule has 7 heteroatoms. The molecule has 1 aromatic carbocycles. The van der Waals surface area contributed by atoms with Crippen LogP contribution in [-0.4, -0.2) is 43.9 Å². The van der Waals surface area contributed by atoms with Crippen LogP contribution in [0.4, 0.5) is 11.5 Å². The Morgan fingerprint density at radius 2 is 2.14 bits per heavy atom.